The van der Waals surface area contributed by atoms with Crippen molar-refractivity contribution in [3.05, 3.63) is 36.4 Å². The van der Waals surface area contributed by atoms with E-state index in [1.165, 1.54) is 17.0 Å². The summed E-state index contributed by atoms with van der Waals surface area (Å²) >= 11 is 1.41. The van der Waals surface area contributed by atoms with Crippen LogP contribution in [-0.2, 0) is 0 Å². The number of nitrogens with two attached hydrogens (primary N) is 1. The van der Waals surface area contributed by atoms with Gasteiger partial charge in [0.2, 0.25) is 5.13 Å². The summed E-state index contributed by atoms with van der Waals surface area (Å²) in [6.07, 6.45) is 5.56. The number of aromatic nitrogens is 2. The Balaban J connectivity index is 1.82. The van der Waals surface area contributed by atoms with Crippen molar-refractivity contribution in [2.24, 2.45) is 0 Å². The molecule has 0 amide bonds. The second-order valence-electron chi connectivity index (χ2n) is 4.20. The first-order chi connectivity index (χ1) is 8.83. The summed E-state index contributed by atoms with van der Waals surface area (Å²) in [6.45, 7) is 2.08. The van der Waals surface area contributed by atoms with Gasteiger partial charge in [-0.15, -0.1) is 10.2 Å². The molecule has 1 aromatic carbocycles. The van der Waals surface area contributed by atoms with E-state index in [-0.39, 0.29) is 0 Å². The van der Waals surface area contributed by atoms with Crippen LogP contribution < -0.4 is 10.6 Å². The standard InChI is InChI=1S/C13H14N4S/c14-13-16-15-12(18-13)10-4-6-11(7-5-10)17-8-2-1-3-9-17/h1-2,4-7H,3,8-9H2,(H2,14,16). The second kappa shape index (κ2) is 4.78. The molecular weight excluding hydrogens is 244 g/mol. The lowest BCUT2D eigenvalue weighted by Gasteiger charge is -2.25. The van der Waals surface area contributed by atoms with E-state index in [0.717, 1.165) is 30.1 Å². The molecule has 0 unspecified atom stereocenters. The van der Waals surface area contributed by atoms with Crippen molar-refractivity contribution in [2.75, 3.05) is 23.7 Å². The van der Waals surface area contributed by atoms with E-state index in [0.29, 0.717) is 5.13 Å². The maximum Gasteiger partial charge on any atom is 0.203 e. The molecule has 3 rings (SSSR count). The highest BCUT2D eigenvalue weighted by Gasteiger charge is 2.08. The molecule has 1 aliphatic heterocycles. The van der Waals surface area contributed by atoms with Crippen LogP contribution in [0, 0.1) is 0 Å². The number of hydrogen-bond donors (Lipinski definition) is 1. The average Bonchev–Trinajstić information content (AvgIpc) is 2.87. The number of hydrogen-bond acceptors (Lipinski definition) is 5. The van der Waals surface area contributed by atoms with E-state index >= 15 is 0 Å². The van der Waals surface area contributed by atoms with Crippen molar-refractivity contribution in [2.45, 2.75) is 6.42 Å². The molecule has 2 heterocycles. The third-order valence-corrected chi connectivity index (χ3v) is 3.78. The Morgan fingerprint density at radius 2 is 1.94 bits per heavy atom. The van der Waals surface area contributed by atoms with Crippen LogP contribution in [0.3, 0.4) is 0 Å². The van der Waals surface area contributed by atoms with Crippen LogP contribution in [0.5, 0.6) is 0 Å². The maximum absolute atomic E-state index is 5.59. The summed E-state index contributed by atoms with van der Waals surface area (Å²) in [5.41, 5.74) is 7.91. The predicted octanol–water partition coefficient (Wildman–Crippen LogP) is 2.55. The van der Waals surface area contributed by atoms with Gasteiger partial charge in [0.25, 0.3) is 0 Å². The van der Waals surface area contributed by atoms with Gasteiger partial charge in [0.15, 0.2) is 0 Å². The Labute approximate surface area is 110 Å². The summed E-state index contributed by atoms with van der Waals surface area (Å²) in [7, 11) is 0. The summed E-state index contributed by atoms with van der Waals surface area (Å²) in [5.74, 6) is 0. The normalized spacial score (nSPS) is 15.0. The number of nitrogens with zero attached hydrogens (tertiary/aromatic N) is 3. The van der Waals surface area contributed by atoms with E-state index in [1.807, 2.05) is 0 Å². The van der Waals surface area contributed by atoms with Gasteiger partial charge in [0.1, 0.15) is 5.01 Å². The average molecular weight is 258 g/mol. The first-order valence-corrected chi connectivity index (χ1v) is 6.74. The summed E-state index contributed by atoms with van der Waals surface area (Å²) < 4.78 is 0. The lowest BCUT2D eigenvalue weighted by Crippen LogP contribution is -2.26. The molecule has 1 aromatic heterocycles. The van der Waals surface area contributed by atoms with Crippen LogP contribution >= 0.6 is 11.3 Å². The Hall–Kier alpha value is -1.88. The molecule has 0 aliphatic carbocycles. The summed E-state index contributed by atoms with van der Waals surface area (Å²) in [5, 5.41) is 9.26. The van der Waals surface area contributed by atoms with Gasteiger partial charge in [-0.1, -0.05) is 23.5 Å². The van der Waals surface area contributed by atoms with Crippen molar-refractivity contribution < 1.29 is 0 Å². The number of nitrogen functional groups attached to an aromatic ring is 1. The van der Waals surface area contributed by atoms with Gasteiger partial charge in [0, 0.05) is 24.3 Å². The van der Waals surface area contributed by atoms with Crippen LogP contribution in [0.4, 0.5) is 10.8 Å². The van der Waals surface area contributed by atoms with Gasteiger partial charge < -0.3 is 10.6 Å². The zero-order chi connectivity index (χ0) is 12.4. The van der Waals surface area contributed by atoms with Crippen molar-refractivity contribution in [3.63, 3.8) is 0 Å². The third kappa shape index (κ3) is 2.22. The lowest BCUT2D eigenvalue weighted by atomic mass is 10.1. The molecule has 92 valence electrons. The molecule has 18 heavy (non-hydrogen) atoms. The molecule has 0 fully saturated rings. The monoisotopic (exact) mass is 258 g/mol. The second-order valence-corrected chi connectivity index (χ2v) is 5.21. The Morgan fingerprint density at radius 3 is 2.56 bits per heavy atom. The fourth-order valence-electron chi connectivity index (χ4n) is 2.04. The first-order valence-electron chi connectivity index (χ1n) is 5.92. The quantitative estimate of drug-likeness (QED) is 0.841. The largest absolute Gasteiger partial charge is 0.374 e. The van der Waals surface area contributed by atoms with E-state index in [9.17, 15) is 0 Å². The van der Waals surface area contributed by atoms with E-state index < -0.39 is 0 Å². The molecule has 2 N–H and O–H groups in total. The van der Waals surface area contributed by atoms with Gasteiger partial charge >= 0.3 is 0 Å². The SMILES string of the molecule is Nc1nnc(-c2ccc(N3CC=CCC3)cc2)s1. The Morgan fingerprint density at radius 1 is 1.11 bits per heavy atom. The molecule has 0 radical (unpaired) electrons. The van der Waals surface area contributed by atoms with Gasteiger partial charge in [-0.2, -0.15) is 0 Å². The minimum absolute atomic E-state index is 0.509. The highest BCUT2D eigenvalue weighted by atomic mass is 32.1. The fourth-order valence-corrected chi connectivity index (χ4v) is 2.66. The van der Waals surface area contributed by atoms with Crippen LogP contribution in [0.15, 0.2) is 36.4 Å². The topological polar surface area (TPSA) is 55.0 Å². The Kier molecular flexibility index (Phi) is 2.98. The summed E-state index contributed by atoms with van der Waals surface area (Å²) in [6, 6.07) is 8.42. The van der Waals surface area contributed by atoms with Crippen molar-refractivity contribution in [3.8, 4) is 10.6 Å². The smallest absolute Gasteiger partial charge is 0.203 e. The van der Waals surface area contributed by atoms with Crippen molar-refractivity contribution in [1.82, 2.24) is 10.2 Å². The molecule has 0 saturated carbocycles. The van der Waals surface area contributed by atoms with E-state index in [1.54, 1.807) is 0 Å². The zero-order valence-corrected chi connectivity index (χ0v) is 10.7. The van der Waals surface area contributed by atoms with Gasteiger partial charge in [-0.05, 0) is 30.7 Å². The molecule has 1 aliphatic rings. The highest BCUT2D eigenvalue weighted by Crippen LogP contribution is 2.27. The molecular formula is C13H14N4S. The van der Waals surface area contributed by atoms with E-state index in [2.05, 4.69) is 51.5 Å². The van der Waals surface area contributed by atoms with Gasteiger partial charge in [-0.3, -0.25) is 0 Å². The zero-order valence-electron chi connectivity index (χ0n) is 9.91. The molecule has 0 saturated heterocycles. The van der Waals surface area contributed by atoms with Crippen molar-refractivity contribution in [1.29, 1.82) is 0 Å². The molecule has 5 heteroatoms. The molecule has 4 nitrogen and oxygen atoms in total. The van der Waals surface area contributed by atoms with Gasteiger partial charge in [-0.25, -0.2) is 0 Å². The number of benzene rings is 1. The van der Waals surface area contributed by atoms with Crippen LogP contribution in [-0.4, -0.2) is 23.3 Å². The molecule has 0 atom stereocenters. The predicted molar refractivity (Wildman–Crippen MR) is 75.7 cm³/mol. The molecule has 0 spiro atoms. The van der Waals surface area contributed by atoms with E-state index in [4.69, 9.17) is 5.73 Å². The maximum atomic E-state index is 5.59. The summed E-state index contributed by atoms with van der Waals surface area (Å²) in [4.78, 5) is 2.36. The lowest BCUT2D eigenvalue weighted by molar-refractivity contribution is 0.821. The van der Waals surface area contributed by atoms with Crippen LogP contribution in [0.25, 0.3) is 10.6 Å². The third-order valence-electron chi connectivity index (χ3n) is 2.98. The molecule has 2 aromatic rings. The number of anilines is 2. The molecule has 0 bridgehead atoms. The minimum Gasteiger partial charge on any atom is -0.374 e. The van der Waals surface area contributed by atoms with Crippen LogP contribution in [0.1, 0.15) is 6.42 Å². The highest BCUT2D eigenvalue weighted by molar-refractivity contribution is 7.18. The van der Waals surface area contributed by atoms with Crippen LogP contribution in [0.2, 0.25) is 0 Å². The minimum atomic E-state index is 0.509. The first kappa shape index (κ1) is 11.2. The van der Waals surface area contributed by atoms with Crippen molar-refractivity contribution >= 4 is 22.2 Å². The fraction of sp³-hybridized carbons (Fsp3) is 0.231. The number of rotatable bonds is 2. The van der Waals surface area contributed by atoms with Gasteiger partial charge in [0.05, 0.1) is 0 Å². The Bertz CT molecular complexity index is 559.